The standard InChI is InChI=1S/C13H17N5O4/c1-13(2)21-8-6(3-19)20-12(9(8)22-13)18-5-17-7-10(14)15-4-16-11(7)18/h4-6,8-9,12,19H,3H2,1-2H3,(H2,14,15,16)/t6-,8?,9-,12-/m1/s1. The van der Waals surface area contributed by atoms with Crippen LogP contribution in [0.15, 0.2) is 12.7 Å². The van der Waals surface area contributed by atoms with E-state index in [4.69, 9.17) is 19.9 Å². The highest BCUT2D eigenvalue weighted by atomic mass is 16.8. The summed E-state index contributed by atoms with van der Waals surface area (Å²) in [7, 11) is 0. The molecule has 9 heteroatoms. The summed E-state index contributed by atoms with van der Waals surface area (Å²) in [5.41, 5.74) is 6.87. The number of aliphatic hydroxyl groups excluding tert-OH is 1. The summed E-state index contributed by atoms with van der Waals surface area (Å²) in [5.74, 6) is -0.421. The van der Waals surface area contributed by atoms with Crippen LogP contribution in [-0.4, -0.2) is 55.3 Å². The van der Waals surface area contributed by atoms with Gasteiger partial charge in [-0.15, -0.1) is 0 Å². The average molecular weight is 307 g/mol. The third-order valence-electron chi connectivity index (χ3n) is 3.97. The number of ether oxygens (including phenoxy) is 3. The summed E-state index contributed by atoms with van der Waals surface area (Å²) in [6, 6.07) is 0. The van der Waals surface area contributed by atoms with Crippen molar-refractivity contribution in [1.82, 2.24) is 19.5 Å². The quantitative estimate of drug-likeness (QED) is 0.784. The molecular formula is C13H17N5O4. The van der Waals surface area contributed by atoms with Crippen LogP contribution < -0.4 is 5.73 Å². The molecule has 1 unspecified atom stereocenters. The minimum Gasteiger partial charge on any atom is -0.394 e. The second-order valence-corrected chi connectivity index (χ2v) is 5.90. The van der Waals surface area contributed by atoms with Crippen LogP contribution in [0.3, 0.4) is 0 Å². The first-order valence-corrected chi connectivity index (χ1v) is 7.05. The molecule has 22 heavy (non-hydrogen) atoms. The number of imidazole rings is 1. The Bertz CT molecular complexity index is 718. The van der Waals surface area contributed by atoms with Crippen LogP contribution in [0.4, 0.5) is 5.82 Å². The van der Waals surface area contributed by atoms with Crippen molar-refractivity contribution in [1.29, 1.82) is 0 Å². The minimum absolute atomic E-state index is 0.152. The first-order valence-electron chi connectivity index (χ1n) is 7.05. The lowest BCUT2D eigenvalue weighted by atomic mass is 10.1. The van der Waals surface area contributed by atoms with Crippen molar-refractivity contribution in [2.45, 2.75) is 44.2 Å². The number of nitrogen functional groups attached to an aromatic ring is 1. The molecule has 0 spiro atoms. The Kier molecular flexibility index (Phi) is 2.89. The highest BCUT2D eigenvalue weighted by Crippen LogP contribution is 2.43. The fourth-order valence-corrected chi connectivity index (χ4v) is 3.09. The van der Waals surface area contributed by atoms with Gasteiger partial charge in [-0.2, -0.15) is 0 Å². The summed E-state index contributed by atoms with van der Waals surface area (Å²) in [5, 5.41) is 9.52. The van der Waals surface area contributed by atoms with Crippen LogP contribution in [0.1, 0.15) is 20.1 Å². The fraction of sp³-hybridized carbons (Fsp3) is 0.615. The van der Waals surface area contributed by atoms with Crippen molar-refractivity contribution in [2.75, 3.05) is 12.3 Å². The molecule has 4 atom stereocenters. The second-order valence-electron chi connectivity index (χ2n) is 5.90. The zero-order valence-electron chi connectivity index (χ0n) is 12.2. The molecular weight excluding hydrogens is 290 g/mol. The second kappa shape index (κ2) is 4.59. The van der Waals surface area contributed by atoms with Gasteiger partial charge in [0.2, 0.25) is 0 Å². The van der Waals surface area contributed by atoms with Gasteiger partial charge in [0.25, 0.3) is 0 Å². The molecule has 0 bridgehead atoms. The number of hydrogen-bond donors (Lipinski definition) is 2. The average Bonchev–Trinajstić information content (AvgIpc) is 3.10. The topological polar surface area (TPSA) is 118 Å². The lowest BCUT2D eigenvalue weighted by Gasteiger charge is -2.24. The molecule has 2 aromatic heterocycles. The fourth-order valence-electron chi connectivity index (χ4n) is 3.09. The number of rotatable bonds is 2. The third-order valence-corrected chi connectivity index (χ3v) is 3.97. The summed E-state index contributed by atoms with van der Waals surface area (Å²) in [6.07, 6.45) is 1.30. The van der Waals surface area contributed by atoms with Crippen LogP contribution in [0.5, 0.6) is 0 Å². The van der Waals surface area contributed by atoms with Crippen molar-refractivity contribution >= 4 is 17.0 Å². The summed E-state index contributed by atoms with van der Waals surface area (Å²) in [6.45, 7) is 3.52. The normalized spacial score (nSPS) is 33.4. The molecule has 0 aromatic carbocycles. The first kappa shape index (κ1) is 13.8. The minimum atomic E-state index is -0.727. The van der Waals surface area contributed by atoms with Crippen molar-refractivity contribution in [3.8, 4) is 0 Å². The molecule has 3 N–H and O–H groups in total. The summed E-state index contributed by atoms with van der Waals surface area (Å²) in [4.78, 5) is 12.4. The summed E-state index contributed by atoms with van der Waals surface area (Å²) >= 11 is 0. The predicted octanol–water partition coefficient (Wildman–Crippen LogP) is -0.182. The first-order chi connectivity index (χ1) is 10.5. The van der Waals surface area contributed by atoms with E-state index in [-0.39, 0.29) is 18.8 Å². The molecule has 0 radical (unpaired) electrons. The Labute approximate surface area is 126 Å². The number of nitrogens with two attached hydrogens (primary N) is 1. The molecule has 9 nitrogen and oxygen atoms in total. The van der Waals surface area contributed by atoms with Crippen molar-refractivity contribution in [3.05, 3.63) is 12.7 Å². The van der Waals surface area contributed by atoms with Crippen molar-refractivity contribution in [2.24, 2.45) is 0 Å². The van der Waals surface area contributed by atoms with E-state index in [0.717, 1.165) is 0 Å². The molecule has 2 aliphatic rings. The van der Waals surface area contributed by atoms with Crippen molar-refractivity contribution < 1.29 is 19.3 Å². The van der Waals surface area contributed by atoms with E-state index in [1.807, 2.05) is 13.8 Å². The Hall–Kier alpha value is -1.81. The lowest BCUT2D eigenvalue weighted by Crippen LogP contribution is -2.31. The molecule has 2 fully saturated rings. The number of hydrogen-bond acceptors (Lipinski definition) is 8. The number of aromatic nitrogens is 4. The van der Waals surface area contributed by atoms with Crippen LogP contribution in [0, 0.1) is 0 Å². The van der Waals surface area contributed by atoms with E-state index in [2.05, 4.69) is 15.0 Å². The third kappa shape index (κ3) is 1.90. The van der Waals surface area contributed by atoms with Crippen LogP contribution in [0.25, 0.3) is 11.2 Å². The van der Waals surface area contributed by atoms with Gasteiger partial charge < -0.3 is 25.1 Å². The maximum Gasteiger partial charge on any atom is 0.167 e. The highest BCUT2D eigenvalue weighted by Gasteiger charge is 2.55. The van der Waals surface area contributed by atoms with Gasteiger partial charge in [-0.25, -0.2) is 15.0 Å². The molecule has 4 heterocycles. The van der Waals surface area contributed by atoms with E-state index in [9.17, 15) is 5.11 Å². The number of aliphatic hydroxyl groups is 1. The molecule has 0 aliphatic carbocycles. The molecule has 0 amide bonds. The maximum atomic E-state index is 9.52. The Morgan fingerprint density at radius 1 is 1.27 bits per heavy atom. The molecule has 2 aliphatic heterocycles. The van der Waals surface area contributed by atoms with Gasteiger partial charge in [-0.3, -0.25) is 4.57 Å². The van der Waals surface area contributed by atoms with E-state index < -0.39 is 18.1 Å². The van der Waals surface area contributed by atoms with Crippen LogP contribution in [0.2, 0.25) is 0 Å². The van der Waals surface area contributed by atoms with Crippen LogP contribution in [-0.2, 0) is 14.2 Å². The van der Waals surface area contributed by atoms with Gasteiger partial charge >= 0.3 is 0 Å². The Morgan fingerprint density at radius 2 is 2.05 bits per heavy atom. The molecule has 118 valence electrons. The Balaban J connectivity index is 1.77. The van der Waals surface area contributed by atoms with E-state index in [1.165, 1.54) is 6.33 Å². The van der Waals surface area contributed by atoms with E-state index in [1.54, 1.807) is 10.9 Å². The lowest BCUT2D eigenvalue weighted by molar-refractivity contribution is -0.199. The van der Waals surface area contributed by atoms with Crippen LogP contribution >= 0.6 is 0 Å². The monoisotopic (exact) mass is 307 g/mol. The van der Waals surface area contributed by atoms with Gasteiger partial charge in [0.05, 0.1) is 12.9 Å². The number of nitrogens with zero attached hydrogens (tertiary/aromatic N) is 4. The van der Waals surface area contributed by atoms with Gasteiger partial charge in [0.1, 0.15) is 30.2 Å². The maximum absolute atomic E-state index is 9.52. The number of fused-ring (bicyclic) bond motifs is 2. The smallest absolute Gasteiger partial charge is 0.167 e. The Morgan fingerprint density at radius 3 is 2.82 bits per heavy atom. The highest BCUT2D eigenvalue weighted by molar-refractivity contribution is 5.81. The molecule has 0 saturated carbocycles. The van der Waals surface area contributed by atoms with Crippen molar-refractivity contribution in [3.63, 3.8) is 0 Å². The largest absolute Gasteiger partial charge is 0.394 e. The van der Waals surface area contributed by atoms with Gasteiger partial charge in [0.15, 0.2) is 23.5 Å². The van der Waals surface area contributed by atoms with Gasteiger partial charge in [0, 0.05) is 0 Å². The number of anilines is 1. The van der Waals surface area contributed by atoms with Gasteiger partial charge in [-0.1, -0.05) is 0 Å². The predicted molar refractivity (Wildman–Crippen MR) is 74.6 cm³/mol. The molecule has 4 rings (SSSR count). The molecule has 2 saturated heterocycles. The zero-order chi connectivity index (χ0) is 15.5. The summed E-state index contributed by atoms with van der Waals surface area (Å²) < 4.78 is 19.4. The molecule has 2 aromatic rings. The van der Waals surface area contributed by atoms with E-state index in [0.29, 0.717) is 17.0 Å². The zero-order valence-corrected chi connectivity index (χ0v) is 12.2. The SMILES string of the molecule is CC1(C)OC2[C@@H](O1)[C@H](n1cnc3c(N)ncnc31)O[C@@H]2CO. The van der Waals surface area contributed by atoms with E-state index >= 15 is 0 Å². The van der Waals surface area contributed by atoms with Gasteiger partial charge in [-0.05, 0) is 13.8 Å².